The molecule has 5 heteroatoms. The maximum absolute atomic E-state index is 11.4. The lowest BCUT2D eigenvalue weighted by atomic mass is 10.4. The van der Waals surface area contributed by atoms with Crippen LogP contribution in [0.3, 0.4) is 0 Å². The van der Waals surface area contributed by atoms with Crippen molar-refractivity contribution in [1.29, 1.82) is 0 Å². The van der Waals surface area contributed by atoms with Gasteiger partial charge in [-0.1, -0.05) is 0 Å². The molecular formula is C9H18N2O2S. The van der Waals surface area contributed by atoms with E-state index in [4.69, 9.17) is 0 Å². The molecule has 0 heterocycles. The summed E-state index contributed by atoms with van der Waals surface area (Å²) in [7, 11) is -2.95. The van der Waals surface area contributed by atoms with E-state index < -0.39 is 10.0 Å². The van der Waals surface area contributed by atoms with Gasteiger partial charge >= 0.3 is 0 Å². The molecule has 14 heavy (non-hydrogen) atoms. The standard InChI is InChI=1S/C9H18N2O2S/c12-14(13,9-4-5-9)11-7-1-6-10-8-2-3-8/h8-11H,1-7H2. The highest BCUT2D eigenvalue weighted by atomic mass is 32.2. The van der Waals surface area contributed by atoms with Crippen LogP contribution in [-0.2, 0) is 10.0 Å². The number of hydrogen-bond donors (Lipinski definition) is 2. The molecule has 2 aliphatic carbocycles. The molecule has 2 aliphatic rings. The molecule has 0 radical (unpaired) electrons. The third kappa shape index (κ3) is 3.22. The number of sulfonamides is 1. The molecular weight excluding hydrogens is 200 g/mol. The summed E-state index contributed by atoms with van der Waals surface area (Å²) >= 11 is 0. The average Bonchev–Trinajstić information content (AvgIpc) is 2.99. The van der Waals surface area contributed by atoms with Gasteiger partial charge in [-0.15, -0.1) is 0 Å². The van der Waals surface area contributed by atoms with Crippen LogP contribution in [0, 0.1) is 0 Å². The van der Waals surface area contributed by atoms with E-state index in [1.54, 1.807) is 0 Å². The molecule has 0 unspecified atom stereocenters. The third-order valence-corrected chi connectivity index (χ3v) is 4.59. The molecule has 0 aromatic carbocycles. The van der Waals surface area contributed by atoms with Crippen LogP contribution in [0.1, 0.15) is 32.1 Å². The Labute approximate surface area is 85.5 Å². The van der Waals surface area contributed by atoms with E-state index in [0.29, 0.717) is 6.54 Å². The van der Waals surface area contributed by atoms with E-state index in [2.05, 4.69) is 10.0 Å². The molecule has 0 bridgehead atoms. The summed E-state index contributed by atoms with van der Waals surface area (Å²) in [4.78, 5) is 0. The molecule has 0 aromatic rings. The second kappa shape index (κ2) is 4.16. The van der Waals surface area contributed by atoms with Crippen LogP contribution in [0.2, 0.25) is 0 Å². The molecule has 0 amide bonds. The van der Waals surface area contributed by atoms with Crippen LogP contribution >= 0.6 is 0 Å². The Bertz CT molecular complexity index is 281. The van der Waals surface area contributed by atoms with Gasteiger partial charge in [-0.05, 0) is 38.6 Å². The van der Waals surface area contributed by atoms with Crippen LogP contribution in [-0.4, -0.2) is 32.8 Å². The fraction of sp³-hybridized carbons (Fsp3) is 1.00. The molecule has 4 nitrogen and oxygen atoms in total. The molecule has 0 atom stereocenters. The molecule has 2 fully saturated rings. The molecule has 82 valence electrons. The van der Waals surface area contributed by atoms with Crippen LogP contribution in [0.15, 0.2) is 0 Å². The Kier molecular flexibility index (Phi) is 3.09. The highest BCUT2D eigenvalue weighted by molar-refractivity contribution is 7.90. The predicted octanol–water partition coefficient (Wildman–Crippen LogP) is 0.210. The van der Waals surface area contributed by atoms with Crippen molar-refractivity contribution in [1.82, 2.24) is 10.0 Å². The normalized spacial score (nSPS) is 22.6. The Morgan fingerprint density at radius 1 is 1.07 bits per heavy atom. The fourth-order valence-corrected chi connectivity index (χ4v) is 2.81. The number of rotatable bonds is 7. The van der Waals surface area contributed by atoms with Gasteiger partial charge in [0.05, 0.1) is 5.25 Å². The minimum absolute atomic E-state index is 0.0844. The quantitative estimate of drug-likeness (QED) is 0.601. The van der Waals surface area contributed by atoms with Crippen molar-refractivity contribution in [2.75, 3.05) is 13.1 Å². The van der Waals surface area contributed by atoms with Crippen LogP contribution in [0.5, 0.6) is 0 Å². The first kappa shape index (κ1) is 10.4. The minimum Gasteiger partial charge on any atom is -0.314 e. The largest absolute Gasteiger partial charge is 0.314 e. The van der Waals surface area contributed by atoms with Crippen molar-refractivity contribution in [3.05, 3.63) is 0 Å². The summed E-state index contributed by atoms with van der Waals surface area (Å²) in [5.74, 6) is 0. The summed E-state index contributed by atoms with van der Waals surface area (Å²) in [5.41, 5.74) is 0. The third-order valence-electron chi connectivity index (χ3n) is 2.63. The van der Waals surface area contributed by atoms with E-state index in [1.807, 2.05) is 0 Å². The zero-order valence-electron chi connectivity index (χ0n) is 8.33. The molecule has 2 rings (SSSR count). The van der Waals surface area contributed by atoms with Gasteiger partial charge < -0.3 is 5.32 Å². The van der Waals surface area contributed by atoms with Crippen LogP contribution < -0.4 is 10.0 Å². The Hall–Kier alpha value is -0.130. The zero-order valence-corrected chi connectivity index (χ0v) is 9.15. The van der Waals surface area contributed by atoms with E-state index in [-0.39, 0.29) is 5.25 Å². The van der Waals surface area contributed by atoms with Gasteiger partial charge in [0.25, 0.3) is 0 Å². The van der Waals surface area contributed by atoms with E-state index in [9.17, 15) is 8.42 Å². The van der Waals surface area contributed by atoms with Gasteiger partial charge in [0, 0.05) is 12.6 Å². The zero-order chi connectivity index (χ0) is 10.0. The average molecular weight is 218 g/mol. The van der Waals surface area contributed by atoms with Gasteiger partial charge in [-0.3, -0.25) is 0 Å². The monoisotopic (exact) mass is 218 g/mol. The number of nitrogens with one attached hydrogen (secondary N) is 2. The smallest absolute Gasteiger partial charge is 0.214 e. The van der Waals surface area contributed by atoms with E-state index in [1.165, 1.54) is 12.8 Å². The first-order valence-corrected chi connectivity index (χ1v) is 6.95. The second-order valence-corrected chi connectivity index (χ2v) is 6.27. The van der Waals surface area contributed by atoms with Gasteiger partial charge in [0.1, 0.15) is 0 Å². The topological polar surface area (TPSA) is 58.2 Å². The molecule has 0 saturated heterocycles. The Balaban J connectivity index is 1.52. The van der Waals surface area contributed by atoms with Crippen molar-refractivity contribution < 1.29 is 8.42 Å². The summed E-state index contributed by atoms with van der Waals surface area (Å²) in [6.07, 6.45) is 5.15. The second-order valence-electron chi connectivity index (χ2n) is 4.22. The Morgan fingerprint density at radius 3 is 2.36 bits per heavy atom. The van der Waals surface area contributed by atoms with Gasteiger partial charge in [0.15, 0.2) is 0 Å². The van der Waals surface area contributed by atoms with Crippen molar-refractivity contribution in [3.8, 4) is 0 Å². The summed E-state index contributed by atoms with van der Waals surface area (Å²) in [6, 6.07) is 0.718. The Morgan fingerprint density at radius 2 is 1.79 bits per heavy atom. The lowest BCUT2D eigenvalue weighted by Crippen LogP contribution is -2.30. The molecule has 2 N–H and O–H groups in total. The predicted molar refractivity (Wildman–Crippen MR) is 55.6 cm³/mol. The lowest BCUT2D eigenvalue weighted by Gasteiger charge is -2.05. The van der Waals surface area contributed by atoms with Crippen molar-refractivity contribution in [2.24, 2.45) is 0 Å². The maximum atomic E-state index is 11.4. The summed E-state index contributed by atoms with van der Waals surface area (Å²) < 4.78 is 25.4. The van der Waals surface area contributed by atoms with Gasteiger partial charge in [-0.25, -0.2) is 13.1 Å². The van der Waals surface area contributed by atoms with Crippen molar-refractivity contribution >= 4 is 10.0 Å². The lowest BCUT2D eigenvalue weighted by molar-refractivity contribution is 0.572. The SMILES string of the molecule is O=S(=O)(NCCCNC1CC1)C1CC1. The highest BCUT2D eigenvalue weighted by Crippen LogP contribution is 2.27. The van der Waals surface area contributed by atoms with Crippen LogP contribution in [0.4, 0.5) is 0 Å². The highest BCUT2D eigenvalue weighted by Gasteiger charge is 2.35. The van der Waals surface area contributed by atoms with E-state index in [0.717, 1.165) is 31.8 Å². The molecule has 0 aromatic heterocycles. The first-order chi connectivity index (χ1) is 6.68. The first-order valence-electron chi connectivity index (χ1n) is 5.40. The van der Waals surface area contributed by atoms with Gasteiger partial charge in [-0.2, -0.15) is 0 Å². The molecule has 2 saturated carbocycles. The minimum atomic E-state index is -2.95. The summed E-state index contributed by atoms with van der Waals surface area (Å²) in [5, 5.41) is 3.27. The van der Waals surface area contributed by atoms with Crippen LogP contribution in [0.25, 0.3) is 0 Å². The van der Waals surface area contributed by atoms with Gasteiger partial charge in [0.2, 0.25) is 10.0 Å². The number of hydrogen-bond acceptors (Lipinski definition) is 3. The molecule has 0 aliphatic heterocycles. The molecule has 0 spiro atoms. The van der Waals surface area contributed by atoms with E-state index >= 15 is 0 Å². The van der Waals surface area contributed by atoms with Crippen molar-refractivity contribution in [2.45, 2.75) is 43.4 Å². The van der Waals surface area contributed by atoms with Crippen molar-refractivity contribution in [3.63, 3.8) is 0 Å². The fourth-order valence-electron chi connectivity index (χ4n) is 1.39. The summed E-state index contributed by atoms with van der Waals surface area (Å²) in [6.45, 7) is 1.51. The maximum Gasteiger partial charge on any atom is 0.214 e.